The highest BCUT2D eigenvalue weighted by atomic mass is 16.2. The Labute approximate surface area is 197 Å². The molecule has 2 amide bonds. The zero-order valence-corrected chi connectivity index (χ0v) is 21.2. The number of carbonyl (C=O) groups is 2. The van der Waals surface area contributed by atoms with Gasteiger partial charge in [0, 0.05) is 65.2 Å². The van der Waals surface area contributed by atoms with Gasteiger partial charge in [-0.05, 0) is 38.8 Å². The molecule has 0 aromatic carbocycles. The van der Waals surface area contributed by atoms with Crippen LogP contribution in [0.4, 0.5) is 0 Å². The van der Waals surface area contributed by atoms with Crippen LogP contribution < -0.4 is 0 Å². The molecular weight excluding hydrogens is 400 g/mol. The highest BCUT2D eigenvalue weighted by molar-refractivity contribution is 5.78. The summed E-state index contributed by atoms with van der Waals surface area (Å²) in [6, 6.07) is 0. The summed E-state index contributed by atoms with van der Waals surface area (Å²) in [6.07, 6.45) is 13.8. The summed E-state index contributed by atoms with van der Waals surface area (Å²) in [5.74, 6) is 0.674. The molecule has 0 saturated carbocycles. The highest BCUT2D eigenvalue weighted by Crippen LogP contribution is 2.11. The van der Waals surface area contributed by atoms with E-state index in [0.717, 1.165) is 91.1 Å². The number of carbonyl (C=O) groups excluding carboxylic acids is 2. The van der Waals surface area contributed by atoms with E-state index in [0.29, 0.717) is 11.8 Å². The molecule has 2 saturated heterocycles. The third-order valence-corrected chi connectivity index (χ3v) is 7.10. The predicted molar refractivity (Wildman–Crippen MR) is 133 cm³/mol. The lowest BCUT2D eigenvalue weighted by Gasteiger charge is -2.30. The van der Waals surface area contributed by atoms with Crippen LogP contribution in [0.3, 0.4) is 0 Å². The van der Waals surface area contributed by atoms with Gasteiger partial charge in [0.15, 0.2) is 0 Å². The summed E-state index contributed by atoms with van der Waals surface area (Å²) in [7, 11) is 0. The fraction of sp³-hybridized carbons (Fsp3) is 0.923. The third kappa shape index (κ3) is 10.7. The Morgan fingerprint density at radius 3 is 1.38 bits per heavy atom. The maximum Gasteiger partial charge on any atom is 0.222 e. The lowest BCUT2D eigenvalue weighted by molar-refractivity contribution is -0.128. The van der Waals surface area contributed by atoms with Crippen molar-refractivity contribution in [2.45, 2.75) is 90.9 Å². The van der Waals surface area contributed by atoms with Crippen molar-refractivity contribution in [1.29, 1.82) is 0 Å². The zero-order valence-electron chi connectivity index (χ0n) is 21.2. The van der Waals surface area contributed by atoms with Crippen molar-refractivity contribution < 1.29 is 9.59 Å². The van der Waals surface area contributed by atoms with Crippen molar-refractivity contribution in [3.05, 3.63) is 0 Å². The van der Waals surface area contributed by atoms with Crippen LogP contribution in [0, 0.1) is 0 Å². The van der Waals surface area contributed by atoms with Gasteiger partial charge in [-0.15, -0.1) is 0 Å². The molecule has 0 radical (unpaired) electrons. The van der Waals surface area contributed by atoms with Gasteiger partial charge in [-0.3, -0.25) is 9.59 Å². The Kier molecular flexibility index (Phi) is 14.0. The highest BCUT2D eigenvalue weighted by Gasteiger charge is 2.22. The molecule has 0 aromatic rings. The molecule has 0 aromatic heterocycles. The van der Waals surface area contributed by atoms with Gasteiger partial charge in [0.25, 0.3) is 0 Å². The number of amides is 2. The molecule has 6 heteroatoms. The lowest BCUT2D eigenvalue weighted by atomic mass is 10.2. The van der Waals surface area contributed by atoms with Gasteiger partial charge < -0.3 is 19.6 Å². The second kappa shape index (κ2) is 16.5. The van der Waals surface area contributed by atoms with Crippen molar-refractivity contribution in [2.75, 3.05) is 65.4 Å². The normalized spacial score (nSPS) is 17.0. The van der Waals surface area contributed by atoms with Crippen LogP contribution in [0.15, 0.2) is 0 Å². The first kappa shape index (κ1) is 27.1. The van der Waals surface area contributed by atoms with Crippen LogP contribution in [0.2, 0.25) is 0 Å². The summed E-state index contributed by atoms with van der Waals surface area (Å²) in [5.41, 5.74) is 0. The number of nitrogens with zero attached hydrogens (tertiary/aromatic N) is 4. The SMILES string of the molecule is CCCCCCN(CCN(CCCCCC)CCN1CCCC1=O)CCN1CCCC1=O. The Morgan fingerprint density at radius 1 is 0.594 bits per heavy atom. The molecule has 0 bridgehead atoms. The lowest BCUT2D eigenvalue weighted by Crippen LogP contribution is -2.43. The molecule has 0 atom stereocenters. The Bertz CT molecular complexity index is 482. The number of hydrogen-bond donors (Lipinski definition) is 0. The predicted octanol–water partition coefficient (Wildman–Crippen LogP) is 4.00. The molecule has 2 fully saturated rings. The number of unbranched alkanes of at least 4 members (excludes halogenated alkanes) is 6. The van der Waals surface area contributed by atoms with Crippen LogP contribution in [0.5, 0.6) is 0 Å². The standard InChI is InChI=1S/C26H50N4O2/c1-3-5-7-9-15-27(21-23-29-17-11-13-25(29)31)19-20-28(16-10-8-6-4-2)22-24-30-18-12-14-26(30)32/h3-24H2,1-2H3. The molecule has 0 N–H and O–H groups in total. The molecule has 2 heterocycles. The summed E-state index contributed by atoms with van der Waals surface area (Å²) < 4.78 is 0. The molecule has 0 aliphatic carbocycles. The van der Waals surface area contributed by atoms with Crippen molar-refractivity contribution in [3.63, 3.8) is 0 Å². The third-order valence-electron chi connectivity index (χ3n) is 7.10. The molecular formula is C26H50N4O2. The van der Waals surface area contributed by atoms with Gasteiger partial charge in [0.1, 0.15) is 0 Å². The monoisotopic (exact) mass is 450 g/mol. The Morgan fingerprint density at radius 2 is 1.03 bits per heavy atom. The van der Waals surface area contributed by atoms with Crippen molar-refractivity contribution >= 4 is 11.8 Å². The fourth-order valence-corrected chi connectivity index (χ4v) is 4.88. The maximum absolute atomic E-state index is 12.0. The quantitative estimate of drug-likeness (QED) is 0.279. The number of rotatable bonds is 19. The number of hydrogen-bond acceptors (Lipinski definition) is 4. The Hall–Kier alpha value is -1.14. The largest absolute Gasteiger partial charge is 0.341 e. The van der Waals surface area contributed by atoms with Crippen molar-refractivity contribution in [1.82, 2.24) is 19.6 Å². The van der Waals surface area contributed by atoms with E-state index in [1.165, 1.54) is 51.4 Å². The topological polar surface area (TPSA) is 47.1 Å². The van der Waals surface area contributed by atoms with Crippen molar-refractivity contribution in [3.8, 4) is 0 Å². The number of likely N-dealkylation sites (tertiary alicyclic amines) is 2. The molecule has 2 aliphatic rings. The van der Waals surface area contributed by atoms with E-state index in [9.17, 15) is 9.59 Å². The maximum atomic E-state index is 12.0. The van der Waals surface area contributed by atoms with Gasteiger partial charge in [-0.2, -0.15) is 0 Å². The van der Waals surface area contributed by atoms with Gasteiger partial charge in [-0.1, -0.05) is 52.4 Å². The first-order valence-corrected chi connectivity index (χ1v) is 13.6. The van der Waals surface area contributed by atoms with Gasteiger partial charge in [-0.25, -0.2) is 0 Å². The summed E-state index contributed by atoms with van der Waals surface area (Å²) in [4.78, 5) is 33.3. The van der Waals surface area contributed by atoms with E-state index in [1.54, 1.807) is 0 Å². The molecule has 2 aliphatic heterocycles. The van der Waals surface area contributed by atoms with E-state index in [1.807, 2.05) is 0 Å². The molecule has 0 spiro atoms. The smallest absolute Gasteiger partial charge is 0.222 e. The van der Waals surface area contributed by atoms with E-state index in [-0.39, 0.29) is 0 Å². The minimum Gasteiger partial charge on any atom is -0.341 e. The molecule has 0 unspecified atom stereocenters. The van der Waals surface area contributed by atoms with Crippen LogP contribution in [-0.2, 0) is 9.59 Å². The van der Waals surface area contributed by atoms with E-state index >= 15 is 0 Å². The van der Waals surface area contributed by atoms with E-state index in [4.69, 9.17) is 0 Å². The molecule has 6 nitrogen and oxygen atoms in total. The zero-order chi connectivity index (χ0) is 23.0. The average Bonchev–Trinajstić information content (AvgIpc) is 3.40. The van der Waals surface area contributed by atoms with Crippen molar-refractivity contribution in [2.24, 2.45) is 0 Å². The fourth-order valence-electron chi connectivity index (χ4n) is 4.88. The second-order valence-electron chi connectivity index (χ2n) is 9.77. The van der Waals surface area contributed by atoms with Gasteiger partial charge >= 0.3 is 0 Å². The minimum absolute atomic E-state index is 0.337. The van der Waals surface area contributed by atoms with Crippen LogP contribution >= 0.6 is 0 Å². The van der Waals surface area contributed by atoms with Gasteiger partial charge in [0.05, 0.1) is 0 Å². The van der Waals surface area contributed by atoms with Gasteiger partial charge in [0.2, 0.25) is 11.8 Å². The first-order valence-electron chi connectivity index (χ1n) is 13.6. The first-order chi connectivity index (χ1) is 15.6. The minimum atomic E-state index is 0.337. The summed E-state index contributed by atoms with van der Waals surface area (Å²) >= 11 is 0. The van der Waals surface area contributed by atoms with E-state index < -0.39 is 0 Å². The second-order valence-corrected chi connectivity index (χ2v) is 9.77. The molecule has 32 heavy (non-hydrogen) atoms. The average molecular weight is 451 g/mol. The Balaban J connectivity index is 1.82. The molecule has 186 valence electrons. The summed E-state index contributed by atoms with van der Waals surface area (Å²) in [5, 5.41) is 0. The van der Waals surface area contributed by atoms with E-state index in [2.05, 4.69) is 33.4 Å². The van der Waals surface area contributed by atoms with Crippen LogP contribution in [0.25, 0.3) is 0 Å². The van der Waals surface area contributed by atoms with Crippen LogP contribution in [0.1, 0.15) is 90.9 Å². The molecule has 2 rings (SSSR count). The van der Waals surface area contributed by atoms with Crippen LogP contribution in [-0.4, -0.2) is 96.9 Å². The summed E-state index contributed by atoms with van der Waals surface area (Å²) in [6.45, 7) is 14.6.